The number of unbranched alkanes of at least 4 members (excludes halogenated alkanes) is 47. The third-order valence-electron chi connectivity index (χ3n) is 15.6. The third kappa shape index (κ3) is 61.0. The lowest BCUT2D eigenvalue weighted by molar-refractivity contribution is -0.143. The summed E-state index contributed by atoms with van der Waals surface area (Å²) in [6, 6.07) is -0.638. The van der Waals surface area contributed by atoms with Crippen LogP contribution in [0.1, 0.15) is 361 Å². The zero-order valence-corrected chi connectivity index (χ0v) is 51.0. The molecule has 0 aromatic heterocycles. The maximum Gasteiger partial charge on any atom is 0.305 e. The Morgan fingerprint density at radius 3 is 1.01 bits per heavy atom. The summed E-state index contributed by atoms with van der Waals surface area (Å²) in [5.74, 6) is -0.0963. The molecule has 0 fully saturated rings. The lowest BCUT2D eigenvalue weighted by Gasteiger charge is -2.20. The second kappa shape index (κ2) is 65.3. The highest BCUT2D eigenvalue weighted by Crippen LogP contribution is 2.18. The Hall–Kier alpha value is -2.18. The number of hydrogen-bond acceptors (Lipinski definition) is 5. The second-order valence-electron chi connectivity index (χ2n) is 23.2. The molecule has 0 saturated heterocycles. The van der Waals surface area contributed by atoms with Crippen LogP contribution in [0.4, 0.5) is 0 Å². The molecule has 0 heterocycles. The Kier molecular flexibility index (Phi) is 63.5. The standard InChI is InChI=1S/C70H131NO5/c1-3-5-7-9-11-13-15-17-19-21-22-23-24-25-26-28-31-34-38-42-46-50-54-58-62-68(73)67(66-72)71-69(74)63-59-55-51-47-43-39-35-32-29-27-30-33-37-41-45-49-53-57-61-65-76-70(75)64-60-56-52-48-44-40-36-20-18-16-14-12-10-8-6-4-2/h20,33,36-37,41,45,58,62,67-68,72-73H,3-19,21-32,34-35,38-40,42-44,46-57,59-61,63-66H2,1-2H3,(H,71,74)/b36-20-,37-33-,45-41-,62-58+. The summed E-state index contributed by atoms with van der Waals surface area (Å²) in [5, 5.41) is 23.2. The lowest BCUT2D eigenvalue weighted by Crippen LogP contribution is -2.45. The molecular formula is C70H131NO5. The van der Waals surface area contributed by atoms with Gasteiger partial charge in [-0.05, 0) is 89.9 Å². The first-order chi connectivity index (χ1) is 37.5. The molecule has 446 valence electrons. The first-order valence-corrected chi connectivity index (χ1v) is 33.9. The van der Waals surface area contributed by atoms with Crippen molar-refractivity contribution in [3.05, 3.63) is 48.6 Å². The van der Waals surface area contributed by atoms with E-state index in [9.17, 15) is 19.8 Å². The van der Waals surface area contributed by atoms with E-state index in [0.29, 0.717) is 19.4 Å². The smallest absolute Gasteiger partial charge is 0.305 e. The molecule has 0 rings (SSSR count). The first kappa shape index (κ1) is 73.8. The quantitative estimate of drug-likeness (QED) is 0.0244. The minimum absolute atomic E-state index is 0.0212. The molecule has 2 unspecified atom stereocenters. The van der Waals surface area contributed by atoms with Crippen molar-refractivity contribution < 1.29 is 24.5 Å². The van der Waals surface area contributed by atoms with Gasteiger partial charge in [-0.1, -0.05) is 306 Å². The average Bonchev–Trinajstić information content (AvgIpc) is 3.42. The van der Waals surface area contributed by atoms with Crippen molar-refractivity contribution in [3.8, 4) is 0 Å². The molecule has 0 saturated carbocycles. The Bertz CT molecular complexity index is 1270. The maximum absolute atomic E-state index is 12.5. The molecule has 0 bridgehead atoms. The molecule has 6 nitrogen and oxygen atoms in total. The third-order valence-corrected chi connectivity index (χ3v) is 15.6. The highest BCUT2D eigenvalue weighted by Gasteiger charge is 2.18. The molecule has 0 radical (unpaired) electrons. The van der Waals surface area contributed by atoms with E-state index in [0.717, 1.165) is 77.0 Å². The van der Waals surface area contributed by atoms with Crippen LogP contribution in [0.5, 0.6) is 0 Å². The summed E-state index contributed by atoms with van der Waals surface area (Å²) >= 11 is 0. The van der Waals surface area contributed by atoms with Crippen LogP contribution < -0.4 is 5.32 Å². The van der Waals surface area contributed by atoms with Gasteiger partial charge in [0.05, 0.1) is 25.4 Å². The second-order valence-corrected chi connectivity index (χ2v) is 23.2. The number of carbonyl (C=O) groups excluding carboxylic acids is 2. The van der Waals surface area contributed by atoms with E-state index >= 15 is 0 Å². The van der Waals surface area contributed by atoms with Gasteiger partial charge in [0.2, 0.25) is 5.91 Å². The molecule has 0 spiro atoms. The number of carbonyl (C=O) groups is 2. The highest BCUT2D eigenvalue weighted by molar-refractivity contribution is 5.76. The van der Waals surface area contributed by atoms with Crippen LogP contribution >= 0.6 is 0 Å². The summed E-state index contributed by atoms with van der Waals surface area (Å²) in [7, 11) is 0. The number of nitrogens with one attached hydrogen (secondary N) is 1. The predicted molar refractivity (Wildman–Crippen MR) is 333 cm³/mol. The van der Waals surface area contributed by atoms with E-state index in [-0.39, 0.29) is 18.5 Å². The summed E-state index contributed by atoms with van der Waals surface area (Å²) in [6.07, 6.45) is 84.6. The number of aliphatic hydroxyl groups excluding tert-OH is 2. The molecule has 0 aromatic rings. The van der Waals surface area contributed by atoms with Crippen LogP contribution in [-0.4, -0.2) is 47.4 Å². The summed E-state index contributed by atoms with van der Waals surface area (Å²) in [5.41, 5.74) is 0. The highest BCUT2D eigenvalue weighted by atomic mass is 16.5. The number of aliphatic hydroxyl groups is 2. The van der Waals surface area contributed by atoms with E-state index in [1.54, 1.807) is 6.08 Å². The molecule has 0 aromatic carbocycles. The topological polar surface area (TPSA) is 95.9 Å². The van der Waals surface area contributed by atoms with Gasteiger partial charge in [0, 0.05) is 12.8 Å². The average molecular weight is 1070 g/mol. The van der Waals surface area contributed by atoms with Crippen molar-refractivity contribution in [1.29, 1.82) is 0 Å². The zero-order chi connectivity index (χ0) is 55.0. The molecule has 3 N–H and O–H groups in total. The van der Waals surface area contributed by atoms with Gasteiger partial charge in [-0.15, -0.1) is 0 Å². The molecule has 76 heavy (non-hydrogen) atoms. The van der Waals surface area contributed by atoms with Crippen LogP contribution in [0.25, 0.3) is 0 Å². The fourth-order valence-corrected chi connectivity index (χ4v) is 10.4. The van der Waals surface area contributed by atoms with E-state index < -0.39 is 12.1 Å². The van der Waals surface area contributed by atoms with Crippen LogP contribution in [-0.2, 0) is 14.3 Å². The number of rotatable bonds is 63. The van der Waals surface area contributed by atoms with Crippen LogP contribution in [0.15, 0.2) is 48.6 Å². The number of ether oxygens (including phenoxy) is 1. The van der Waals surface area contributed by atoms with Gasteiger partial charge in [-0.25, -0.2) is 0 Å². The number of allylic oxidation sites excluding steroid dienone is 7. The Morgan fingerprint density at radius 1 is 0.368 bits per heavy atom. The van der Waals surface area contributed by atoms with Gasteiger partial charge in [0.15, 0.2) is 0 Å². The molecule has 1 amide bonds. The normalized spacial score (nSPS) is 12.8. The van der Waals surface area contributed by atoms with E-state index in [4.69, 9.17) is 4.74 Å². The van der Waals surface area contributed by atoms with Crippen molar-refractivity contribution in [2.75, 3.05) is 13.2 Å². The molecule has 0 aliphatic carbocycles. The van der Waals surface area contributed by atoms with Crippen molar-refractivity contribution in [2.24, 2.45) is 0 Å². The van der Waals surface area contributed by atoms with E-state index in [2.05, 4.69) is 55.6 Å². The van der Waals surface area contributed by atoms with Gasteiger partial charge in [-0.2, -0.15) is 0 Å². The maximum atomic E-state index is 12.5. The Labute approximate surface area is 474 Å². The Balaban J connectivity index is 3.50. The number of hydrogen-bond donors (Lipinski definition) is 3. The van der Waals surface area contributed by atoms with Gasteiger partial charge in [0.1, 0.15) is 0 Å². The molecular weight excluding hydrogens is 935 g/mol. The minimum atomic E-state index is -0.854. The SMILES string of the molecule is CCCCCCCCC/C=C\CCCCCCCC(=O)OCCCCC/C=C\C=C/CCCCCCCCCCCCC(=O)NC(CO)C(O)/C=C/CCCCCCCCCCCCCCCCCCCCCCCC. The Morgan fingerprint density at radius 2 is 0.658 bits per heavy atom. The van der Waals surface area contributed by atoms with Crippen molar-refractivity contribution in [3.63, 3.8) is 0 Å². The van der Waals surface area contributed by atoms with Gasteiger partial charge < -0.3 is 20.3 Å². The summed E-state index contributed by atoms with van der Waals surface area (Å²) in [4.78, 5) is 24.6. The molecule has 0 aliphatic rings. The van der Waals surface area contributed by atoms with Crippen molar-refractivity contribution in [2.45, 2.75) is 373 Å². The fraction of sp³-hybridized carbons (Fsp3) is 0.857. The van der Waals surface area contributed by atoms with Gasteiger partial charge >= 0.3 is 5.97 Å². The van der Waals surface area contributed by atoms with Crippen LogP contribution in [0.3, 0.4) is 0 Å². The van der Waals surface area contributed by atoms with Crippen LogP contribution in [0, 0.1) is 0 Å². The predicted octanol–water partition coefficient (Wildman–Crippen LogP) is 21.7. The van der Waals surface area contributed by atoms with E-state index in [1.807, 2.05) is 6.08 Å². The molecule has 6 heteroatoms. The number of esters is 1. The number of amides is 1. The lowest BCUT2D eigenvalue weighted by atomic mass is 10.0. The molecule has 0 aliphatic heterocycles. The van der Waals surface area contributed by atoms with Crippen molar-refractivity contribution >= 4 is 11.9 Å². The fourth-order valence-electron chi connectivity index (χ4n) is 10.4. The first-order valence-electron chi connectivity index (χ1n) is 33.9. The minimum Gasteiger partial charge on any atom is -0.466 e. The van der Waals surface area contributed by atoms with Gasteiger partial charge in [-0.3, -0.25) is 9.59 Å². The summed E-state index contributed by atoms with van der Waals surface area (Å²) in [6.45, 7) is 4.88. The summed E-state index contributed by atoms with van der Waals surface area (Å²) < 4.78 is 5.46. The van der Waals surface area contributed by atoms with Crippen molar-refractivity contribution in [1.82, 2.24) is 5.32 Å². The monoisotopic (exact) mass is 1070 g/mol. The largest absolute Gasteiger partial charge is 0.466 e. The van der Waals surface area contributed by atoms with E-state index in [1.165, 1.54) is 257 Å². The zero-order valence-electron chi connectivity index (χ0n) is 51.0. The molecule has 2 atom stereocenters. The van der Waals surface area contributed by atoms with Gasteiger partial charge in [0.25, 0.3) is 0 Å². The van der Waals surface area contributed by atoms with Crippen LogP contribution in [0.2, 0.25) is 0 Å².